The third kappa shape index (κ3) is 3.68. The monoisotopic (exact) mass is 284 g/mol. The molecule has 108 valence electrons. The molecule has 0 aliphatic heterocycles. The second-order valence-corrected chi connectivity index (χ2v) is 4.49. The summed E-state index contributed by atoms with van der Waals surface area (Å²) >= 11 is 0. The molecular formula is C15H16N4O2. The summed E-state index contributed by atoms with van der Waals surface area (Å²) in [7, 11) is 1.69. The molecule has 2 aromatic rings. The Morgan fingerprint density at radius 2 is 2.29 bits per heavy atom. The number of amides is 1. The standard InChI is InChI=1S/C15H16N4O2/c1-11-6-7-13(12(9-11)5-3-4-8-20)14(21)18-15-16-10-17-19(15)2/h6-7,9-10,20H,4,8H2,1-2H3,(H,16,17,18,21). The number of aryl methyl sites for hydroxylation is 2. The third-order valence-corrected chi connectivity index (χ3v) is 2.82. The largest absolute Gasteiger partial charge is 0.395 e. The van der Waals surface area contributed by atoms with Gasteiger partial charge in [-0.05, 0) is 24.6 Å². The van der Waals surface area contributed by atoms with Crippen LogP contribution in [0.25, 0.3) is 0 Å². The number of aliphatic hydroxyl groups is 1. The molecule has 0 atom stereocenters. The Bertz CT molecular complexity index is 710. The van der Waals surface area contributed by atoms with Gasteiger partial charge in [0, 0.05) is 19.0 Å². The number of hydrogen-bond acceptors (Lipinski definition) is 4. The Morgan fingerprint density at radius 3 is 2.95 bits per heavy atom. The van der Waals surface area contributed by atoms with Crippen molar-refractivity contribution in [2.45, 2.75) is 13.3 Å². The molecule has 0 saturated heterocycles. The van der Waals surface area contributed by atoms with Gasteiger partial charge in [-0.3, -0.25) is 10.1 Å². The molecule has 1 aromatic heterocycles. The summed E-state index contributed by atoms with van der Waals surface area (Å²) in [6.45, 7) is 1.93. The van der Waals surface area contributed by atoms with E-state index in [4.69, 9.17) is 5.11 Å². The number of aromatic nitrogens is 3. The van der Waals surface area contributed by atoms with Crippen molar-refractivity contribution in [1.82, 2.24) is 14.8 Å². The second kappa shape index (κ2) is 6.68. The van der Waals surface area contributed by atoms with Gasteiger partial charge in [-0.1, -0.05) is 17.9 Å². The molecule has 2 rings (SSSR count). The molecule has 6 heteroatoms. The molecule has 1 amide bonds. The van der Waals surface area contributed by atoms with Crippen molar-refractivity contribution in [3.63, 3.8) is 0 Å². The topological polar surface area (TPSA) is 80.0 Å². The third-order valence-electron chi connectivity index (χ3n) is 2.82. The van der Waals surface area contributed by atoms with Crippen LogP contribution in [0, 0.1) is 18.8 Å². The normalized spacial score (nSPS) is 9.86. The SMILES string of the molecule is Cc1ccc(C(=O)Nc2ncnn2C)c(C#CCCO)c1. The lowest BCUT2D eigenvalue weighted by Gasteiger charge is -2.07. The predicted molar refractivity (Wildman–Crippen MR) is 78.7 cm³/mol. The van der Waals surface area contributed by atoms with Crippen LogP contribution in [0.4, 0.5) is 5.95 Å². The van der Waals surface area contributed by atoms with Gasteiger partial charge in [0.05, 0.1) is 12.2 Å². The highest BCUT2D eigenvalue weighted by molar-refractivity contribution is 6.05. The number of hydrogen-bond donors (Lipinski definition) is 2. The van der Waals surface area contributed by atoms with Crippen LogP contribution in [0.2, 0.25) is 0 Å². The first-order valence-electron chi connectivity index (χ1n) is 6.47. The number of aliphatic hydroxyl groups excluding tert-OH is 1. The van der Waals surface area contributed by atoms with E-state index in [1.165, 1.54) is 11.0 Å². The summed E-state index contributed by atoms with van der Waals surface area (Å²) in [5.41, 5.74) is 2.11. The second-order valence-electron chi connectivity index (χ2n) is 4.49. The number of nitrogens with zero attached hydrogens (tertiary/aromatic N) is 3. The molecule has 21 heavy (non-hydrogen) atoms. The highest BCUT2D eigenvalue weighted by atomic mass is 16.2. The zero-order valence-corrected chi connectivity index (χ0v) is 11.9. The Kier molecular flexibility index (Phi) is 4.69. The first-order valence-corrected chi connectivity index (χ1v) is 6.47. The Labute approximate surface area is 122 Å². The molecule has 6 nitrogen and oxygen atoms in total. The summed E-state index contributed by atoms with van der Waals surface area (Å²) in [5, 5.41) is 15.4. The molecule has 0 spiro atoms. The van der Waals surface area contributed by atoms with Crippen LogP contribution in [-0.2, 0) is 7.05 Å². The van der Waals surface area contributed by atoms with Crippen LogP contribution < -0.4 is 5.32 Å². The van der Waals surface area contributed by atoms with Gasteiger partial charge in [0.2, 0.25) is 5.95 Å². The van der Waals surface area contributed by atoms with Crippen LogP contribution in [0.1, 0.15) is 27.9 Å². The van der Waals surface area contributed by atoms with Crippen molar-refractivity contribution in [2.24, 2.45) is 7.05 Å². The van der Waals surface area contributed by atoms with Gasteiger partial charge in [-0.15, -0.1) is 0 Å². The van der Waals surface area contributed by atoms with E-state index in [0.29, 0.717) is 23.5 Å². The fourth-order valence-corrected chi connectivity index (χ4v) is 1.75. The maximum absolute atomic E-state index is 12.3. The van der Waals surface area contributed by atoms with Gasteiger partial charge in [-0.2, -0.15) is 10.1 Å². The Hall–Kier alpha value is -2.65. The molecule has 1 aromatic carbocycles. The van der Waals surface area contributed by atoms with Crippen molar-refractivity contribution in [2.75, 3.05) is 11.9 Å². The van der Waals surface area contributed by atoms with Gasteiger partial charge in [0.25, 0.3) is 5.91 Å². The number of nitrogens with one attached hydrogen (secondary N) is 1. The zero-order chi connectivity index (χ0) is 15.2. The molecule has 0 unspecified atom stereocenters. The van der Waals surface area contributed by atoms with Gasteiger partial charge >= 0.3 is 0 Å². The number of anilines is 1. The van der Waals surface area contributed by atoms with Crippen molar-refractivity contribution in [3.05, 3.63) is 41.2 Å². The van der Waals surface area contributed by atoms with Crippen LogP contribution in [0.5, 0.6) is 0 Å². The maximum atomic E-state index is 12.3. The van der Waals surface area contributed by atoms with Crippen molar-refractivity contribution < 1.29 is 9.90 Å². The van der Waals surface area contributed by atoms with Crippen LogP contribution in [0.15, 0.2) is 24.5 Å². The maximum Gasteiger partial charge on any atom is 0.259 e. The number of benzene rings is 1. The highest BCUT2D eigenvalue weighted by Crippen LogP contribution is 2.13. The van der Waals surface area contributed by atoms with Crippen molar-refractivity contribution in [3.8, 4) is 11.8 Å². The molecule has 0 radical (unpaired) electrons. The first kappa shape index (κ1) is 14.8. The quantitative estimate of drug-likeness (QED) is 0.827. The van der Waals surface area contributed by atoms with E-state index in [9.17, 15) is 4.79 Å². The first-order chi connectivity index (χ1) is 10.1. The zero-order valence-electron chi connectivity index (χ0n) is 11.9. The Morgan fingerprint density at radius 1 is 1.48 bits per heavy atom. The van der Waals surface area contributed by atoms with Crippen LogP contribution in [-0.4, -0.2) is 32.4 Å². The average molecular weight is 284 g/mol. The molecule has 0 aliphatic carbocycles. The minimum absolute atomic E-state index is 0.000709. The van der Waals surface area contributed by atoms with Crippen molar-refractivity contribution in [1.29, 1.82) is 0 Å². The fraction of sp³-hybridized carbons (Fsp3) is 0.267. The summed E-state index contributed by atoms with van der Waals surface area (Å²) in [5.74, 6) is 5.83. The lowest BCUT2D eigenvalue weighted by Crippen LogP contribution is -2.16. The lowest BCUT2D eigenvalue weighted by atomic mass is 10.0. The molecule has 0 bridgehead atoms. The smallest absolute Gasteiger partial charge is 0.259 e. The van der Waals surface area contributed by atoms with Gasteiger partial charge in [0.1, 0.15) is 6.33 Å². The highest BCUT2D eigenvalue weighted by Gasteiger charge is 2.13. The molecule has 0 saturated carbocycles. The van der Waals surface area contributed by atoms with Crippen LogP contribution >= 0.6 is 0 Å². The average Bonchev–Trinajstić information content (AvgIpc) is 2.84. The summed E-state index contributed by atoms with van der Waals surface area (Å²) in [4.78, 5) is 16.3. The summed E-state index contributed by atoms with van der Waals surface area (Å²) < 4.78 is 1.48. The summed E-state index contributed by atoms with van der Waals surface area (Å²) in [6, 6.07) is 5.42. The number of carbonyl (C=O) groups is 1. The Balaban J connectivity index is 2.28. The molecule has 1 heterocycles. The molecular weight excluding hydrogens is 268 g/mol. The lowest BCUT2D eigenvalue weighted by molar-refractivity contribution is 0.102. The van der Waals surface area contributed by atoms with E-state index in [1.807, 2.05) is 19.1 Å². The van der Waals surface area contributed by atoms with E-state index in [1.54, 1.807) is 13.1 Å². The van der Waals surface area contributed by atoms with Gasteiger partial charge in [0.15, 0.2) is 0 Å². The minimum atomic E-state index is -0.292. The molecule has 2 N–H and O–H groups in total. The van der Waals surface area contributed by atoms with Crippen LogP contribution in [0.3, 0.4) is 0 Å². The fourth-order valence-electron chi connectivity index (χ4n) is 1.75. The van der Waals surface area contributed by atoms with E-state index in [-0.39, 0.29) is 12.5 Å². The predicted octanol–water partition coefficient (Wildman–Crippen LogP) is 1.11. The van der Waals surface area contributed by atoms with E-state index < -0.39 is 0 Å². The molecule has 0 aliphatic rings. The number of rotatable bonds is 3. The minimum Gasteiger partial charge on any atom is -0.395 e. The van der Waals surface area contributed by atoms with Gasteiger partial charge in [-0.25, -0.2) is 4.68 Å². The number of carbonyl (C=O) groups excluding carboxylic acids is 1. The summed E-state index contributed by atoms with van der Waals surface area (Å²) in [6.07, 6.45) is 1.74. The molecule has 0 fully saturated rings. The van der Waals surface area contributed by atoms with Gasteiger partial charge < -0.3 is 5.11 Å². The van der Waals surface area contributed by atoms with Crippen molar-refractivity contribution >= 4 is 11.9 Å². The van der Waals surface area contributed by atoms with E-state index in [0.717, 1.165) is 5.56 Å². The van der Waals surface area contributed by atoms with E-state index >= 15 is 0 Å². The van der Waals surface area contributed by atoms with E-state index in [2.05, 4.69) is 27.2 Å².